The Morgan fingerprint density at radius 3 is 2.68 bits per heavy atom. The Labute approximate surface area is 130 Å². The molecule has 2 heterocycles. The van der Waals surface area contributed by atoms with Crippen LogP contribution in [-0.4, -0.2) is 52.3 Å². The number of aryl methyl sites for hydroxylation is 1. The van der Waals surface area contributed by atoms with Crippen LogP contribution in [0.15, 0.2) is 10.6 Å². The van der Waals surface area contributed by atoms with E-state index in [9.17, 15) is 9.90 Å². The van der Waals surface area contributed by atoms with Crippen molar-refractivity contribution in [2.75, 3.05) is 13.1 Å². The van der Waals surface area contributed by atoms with Crippen molar-refractivity contribution in [3.05, 3.63) is 17.5 Å². The smallest absolute Gasteiger partial charge is 0.290 e. The molecule has 0 spiro atoms. The zero-order valence-corrected chi connectivity index (χ0v) is 13.1. The monoisotopic (exact) mass is 307 g/mol. The minimum atomic E-state index is -0.184. The second-order valence-corrected chi connectivity index (χ2v) is 6.54. The van der Waals surface area contributed by atoms with Crippen LogP contribution in [0.4, 0.5) is 0 Å². The van der Waals surface area contributed by atoms with Crippen molar-refractivity contribution in [2.24, 2.45) is 0 Å². The highest BCUT2D eigenvalue weighted by Crippen LogP contribution is 2.25. The van der Waals surface area contributed by atoms with Gasteiger partial charge in [0.1, 0.15) is 0 Å². The van der Waals surface area contributed by atoms with Crippen LogP contribution in [0.3, 0.4) is 0 Å². The number of carbonyl (C=O) groups excluding carboxylic acids is 1. The summed E-state index contributed by atoms with van der Waals surface area (Å²) in [5.41, 5.74) is 0.714. The van der Waals surface area contributed by atoms with Crippen LogP contribution >= 0.6 is 0 Å². The van der Waals surface area contributed by atoms with E-state index in [0.29, 0.717) is 11.7 Å². The number of hydrogen-bond acceptors (Lipinski definition) is 5. The van der Waals surface area contributed by atoms with Gasteiger partial charge in [0.05, 0.1) is 11.8 Å². The first-order valence-electron chi connectivity index (χ1n) is 8.30. The van der Waals surface area contributed by atoms with E-state index in [1.807, 2.05) is 0 Å². The van der Waals surface area contributed by atoms with E-state index < -0.39 is 0 Å². The third-order valence-corrected chi connectivity index (χ3v) is 4.88. The number of nitrogens with one attached hydrogen (secondary N) is 1. The molecule has 2 unspecified atom stereocenters. The molecule has 22 heavy (non-hydrogen) atoms. The molecule has 1 saturated heterocycles. The summed E-state index contributed by atoms with van der Waals surface area (Å²) in [5, 5.41) is 16.9. The number of hydrogen-bond donors (Lipinski definition) is 2. The highest BCUT2D eigenvalue weighted by atomic mass is 16.5. The summed E-state index contributed by atoms with van der Waals surface area (Å²) in [6, 6.07) is 2.14. The van der Waals surface area contributed by atoms with Crippen molar-refractivity contribution >= 4 is 5.91 Å². The number of aliphatic hydroxyl groups excluding tert-OH is 1. The van der Waals surface area contributed by atoms with Crippen LogP contribution < -0.4 is 5.32 Å². The number of carbonyl (C=O) groups is 1. The zero-order chi connectivity index (χ0) is 15.5. The minimum absolute atomic E-state index is 0.176. The molecule has 2 atom stereocenters. The maximum atomic E-state index is 12.1. The Kier molecular flexibility index (Phi) is 4.78. The van der Waals surface area contributed by atoms with Crippen molar-refractivity contribution in [1.82, 2.24) is 15.4 Å². The summed E-state index contributed by atoms with van der Waals surface area (Å²) >= 11 is 0. The lowest BCUT2D eigenvalue weighted by Gasteiger charge is -2.41. The molecule has 122 valence electrons. The van der Waals surface area contributed by atoms with Crippen LogP contribution in [0.1, 0.15) is 54.8 Å². The molecule has 0 bridgehead atoms. The molecule has 6 nitrogen and oxygen atoms in total. The van der Waals surface area contributed by atoms with Gasteiger partial charge in [0.2, 0.25) is 5.76 Å². The summed E-state index contributed by atoms with van der Waals surface area (Å²) in [7, 11) is 0. The van der Waals surface area contributed by atoms with Gasteiger partial charge in [-0.1, -0.05) is 18.0 Å². The number of aromatic nitrogens is 1. The summed E-state index contributed by atoms with van der Waals surface area (Å²) in [6.07, 6.45) is 6.02. The van der Waals surface area contributed by atoms with Gasteiger partial charge in [-0.25, -0.2) is 0 Å². The Balaban J connectivity index is 1.48. The molecule has 1 aromatic rings. The van der Waals surface area contributed by atoms with E-state index in [1.165, 1.54) is 6.42 Å². The third-order valence-electron chi connectivity index (χ3n) is 4.88. The molecule has 1 saturated carbocycles. The van der Waals surface area contributed by atoms with Gasteiger partial charge in [-0.2, -0.15) is 0 Å². The quantitative estimate of drug-likeness (QED) is 0.884. The van der Waals surface area contributed by atoms with E-state index in [4.69, 9.17) is 4.52 Å². The zero-order valence-electron chi connectivity index (χ0n) is 13.1. The van der Waals surface area contributed by atoms with Crippen LogP contribution in [0.2, 0.25) is 0 Å². The van der Waals surface area contributed by atoms with Crippen LogP contribution in [0, 0.1) is 6.92 Å². The van der Waals surface area contributed by atoms with Gasteiger partial charge in [0.15, 0.2) is 0 Å². The van der Waals surface area contributed by atoms with Crippen molar-refractivity contribution < 1.29 is 14.4 Å². The molecule has 0 radical (unpaired) electrons. The lowest BCUT2D eigenvalue weighted by Crippen LogP contribution is -2.52. The largest absolute Gasteiger partial charge is 0.391 e. The Hall–Kier alpha value is -1.40. The predicted octanol–water partition coefficient (Wildman–Crippen LogP) is 1.48. The number of amides is 1. The van der Waals surface area contributed by atoms with Gasteiger partial charge in [-0.15, -0.1) is 0 Å². The molecule has 2 aliphatic rings. The molecule has 6 heteroatoms. The standard InChI is InChI=1S/C16H25N3O3/c1-11-10-15(22-18-11)16(21)17-12-6-8-19(9-7-12)13-4-2-3-5-14(13)20/h10,12-14,20H,2-9H2,1H3,(H,17,21). The molecule has 1 aliphatic carbocycles. The lowest BCUT2D eigenvalue weighted by molar-refractivity contribution is 0.00719. The SMILES string of the molecule is Cc1cc(C(=O)NC2CCN(C3CCCCC3O)CC2)on1. The molecular formula is C16H25N3O3. The van der Waals surface area contributed by atoms with E-state index in [2.05, 4.69) is 15.4 Å². The molecule has 1 aliphatic heterocycles. The first kappa shape index (κ1) is 15.5. The average Bonchev–Trinajstić information content (AvgIpc) is 2.95. The summed E-state index contributed by atoms with van der Waals surface area (Å²) in [6.45, 7) is 3.67. The molecule has 1 aromatic heterocycles. The van der Waals surface area contributed by atoms with Crippen molar-refractivity contribution in [2.45, 2.75) is 63.6 Å². The maximum Gasteiger partial charge on any atom is 0.290 e. The van der Waals surface area contributed by atoms with Gasteiger partial charge in [-0.3, -0.25) is 9.69 Å². The number of aliphatic hydroxyl groups is 1. The van der Waals surface area contributed by atoms with E-state index in [1.54, 1.807) is 13.0 Å². The Bertz CT molecular complexity index is 508. The minimum Gasteiger partial charge on any atom is -0.391 e. The number of likely N-dealkylation sites (tertiary alicyclic amines) is 1. The van der Waals surface area contributed by atoms with E-state index in [-0.39, 0.29) is 23.8 Å². The van der Waals surface area contributed by atoms with Crippen molar-refractivity contribution in [3.63, 3.8) is 0 Å². The van der Waals surface area contributed by atoms with Gasteiger partial charge in [-0.05, 0) is 32.6 Å². The summed E-state index contributed by atoms with van der Waals surface area (Å²) in [4.78, 5) is 14.5. The first-order valence-corrected chi connectivity index (χ1v) is 8.30. The van der Waals surface area contributed by atoms with Crippen molar-refractivity contribution in [3.8, 4) is 0 Å². The normalized spacial score (nSPS) is 27.7. The van der Waals surface area contributed by atoms with Crippen LogP contribution in [0.25, 0.3) is 0 Å². The molecule has 2 N–H and O–H groups in total. The highest BCUT2D eigenvalue weighted by molar-refractivity contribution is 5.91. The fourth-order valence-corrected chi connectivity index (χ4v) is 3.62. The Morgan fingerprint density at radius 2 is 2.05 bits per heavy atom. The van der Waals surface area contributed by atoms with Gasteiger partial charge < -0.3 is 14.9 Å². The first-order chi connectivity index (χ1) is 10.6. The molecule has 0 aromatic carbocycles. The maximum absolute atomic E-state index is 12.1. The molecule has 1 amide bonds. The predicted molar refractivity (Wildman–Crippen MR) is 81.6 cm³/mol. The lowest BCUT2D eigenvalue weighted by atomic mass is 9.89. The van der Waals surface area contributed by atoms with E-state index >= 15 is 0 Å². The Morgan fingerprint density at radius 1 is 1.32 bits per heavy atom. The number of nitrogens with zero attached hydrogens (tertiary/aromatic N) is 2. The topological polar surface area (TPSA) is 78.6 Å². The highest BCUT2D eigenvalue weighted by Gasteiger charge is 2.32. The van der Waals surface area contributed by atoms with Crippen LogP contribution in [0.5, 0.6) is 0 Å². The van der Waals surface area contributed by atoms with Gasteiger partial charge >= 0.3 is 0 Å². The van der Waals surface area contributed by atoms with Gasteiger partial charge in [0, 0.05) is 31.2 Å². The van der Waals surface area contributed by atoms with Crippen LogP contribution in [-0.2, 0) is 0 Å². The summed E-state index contributed by atoms with van der Waals surface area (Å²) < 4.78 is 4.99. The fourth-order valence-electron chi connectivity index (χ4n) is 3.62. The third kappa shape index (κ3) is 3.50. The van der Waals surface area contributed by atoms with Crippen molar-refractivity contribution in [1.29, 1.82) is 0 Å². The molecular weight excluding hydrogens is 282 g/mol. The summed E-state index contributed by atoms with van der Waals surface area (Å²) in [5.74, 6) is 0.0967. The van der Waals surface area contributed by atoms with E-state index in [0.717, 1.165) is 45.2 Å². The van der Waals surface area contributed by atoms with Gasteiger partial charge in [0.25, 0.3) is 5.91 Å². The second kappa shape index (κ2) is 6.79. The average molecular weight is 307 g/mol. The number of rotatable bonds is 3. The second-order valence-electron chi connectivity index (χ2n) is 6.54. The molecule has 2 fully saturated rings. The fraction of sp³-hybridized carbons (Fsp3) is 0.750. The number of piperidine rings is 1. The molecule has 3 rings (SSSR count).